The van der Waals surface area contributed by atoms with E-state index in [1.54, 1.807) is 6.08 Å². The molecule has 0 bridgehead atoms. The predicted molar refractivity (Wildman–Crippen MR) is 46.7 cm³/mol. The van der Waals surface area contributed by atoms with Crippen molar-refractivity contribution < 1.29 is 0 Å². The molecule has 0 aliphatic heterocycles. The maximum atomic E-state index is 5.29. The van der Waals surface area contributed by atoms with E-state index in [1.165, 1.54) is 0 Å². The second-order valence-corrected chi connectivity index (χ2v) is 2.29. The van der Waals surface area contributed by atoms with E-state index in [0.29, 0.717) is 0 Å². The van der Waals surface area contributed by atoms with Crippen LogP contribution in [0.5, 0.6) is 0 Å². The molecular weight excluding hydrogens is 136 g/mol. The molecule has 0 aliphatic rings. The van der Waals surface area contributed by atoms with Crippen LogP contribution in [0.3, 0.4) is 0 Å². The van der Waals surface area contributed by atoms with Gasteiger partial charge in [0.2, 0.25) is 0 Å². The van der Waals surface area contributed by atoms with E-state index in [0.717, 1.165) is 5.56 Å². The maximum absolute atomic E-state index is 5.29. The molecule has 0 heterocycles. The first kappa shape index (κ1) is 7.98. The monoisotopic (exact) mass is 148 g/mol. The summed E-state index contributed by atoms with van der Waals surface area (Å²) in [7, 11) is 0. The first-order valence-corrected chi connectivity index (χ1v) is 3.52. The minimum Gasteiger partial charge on any atom is -0.271 e. The highest BCUT2D eigenvalue weighted by molar-refractivity contribution is 5.21. The van der Waals surface area contributed by atoms with Crippen molar-refractivity contribution in [2.75, 3.05) is 0 Å². The largest absolute Gasteiger partial charge is 0.271 e. The molecule has 0 spiro atoms. The summed E-state index contributed by atoms with van der Waals surface area (Å²) in [5.74, 6) is 5.29. The van der Waals surface area contributed by atoms with Crippen LogP contribution in [0.1, 0.15) is 11.6 Å². The Morgan fingerprint density at radius 1 is 1.36 bits per heavy atom. The summed E-state index contributed by atoms with van der Waals surface area (Å²) in [5, 5.41) is 0. The van der Waals surface area contributed by atoms with Crippen molar-refractivity contribution in [3.8, 4) is 0 Å². The fourth-order valence-electron chi connectivity index (χ4n) is 0.961. The van der Waals surface area contributed by atoms with Gasteiger partial charge in [0, 0.05) is 0 Å². The van der Waals surface area contributed by atoms with Gasteiger partial charge in [0.25, 0.3) is 0 Å². The topological polar surface area (TPSA) is 38.0 Å². The Kier molecular flexibility index (Phi) is 2.83. The van der Waals surface area contributed by atoms with Crippen LogP contribution in [-0.2, 0) is 0 Å². The average Bonchev–Trinajstić information content (AvgIpc) is 2.09. The van der Waals surface area contributed by atoms with E-state index in [9.17, 15) is 0 Å². The van der Waals surface area contributed by atoms with Crippen LogP contribution >= 0.6 is 0 Å². The Balaban J connectivity index is 2.82. The summed E-state index contributed by atoms with van der Waals surface area (Å²) in [5.41, 5.74) is 3.78. The van der Waals surface area contributed by atoms with Gasteiger partial charge in [0.1, 0.15) is 0 Å². The lowest BCUT2D eigenvalue weighted by Gasteiger charge is -2.09. The second kappa shape index (κ2) is 3.91. The molecule has 1 unspecified atom stereocenters. The molecule has 0 aromatic heterocycles. The Morgan fingerprint density at radius 3 is 2.45 bits per heavy atom. The van der Waals surface area contributed by atoms with E-state index in [1.807, 2.05) is 30.3 Å². The molecule has 11 heavy (non-hydrogen) atoms. The molecule has 2 heteroatoms. The van der Waals surface area contributed by atoms with Crippen LogP contribution in [-0.4, -0.2) is 0 Å². The summed E-state index contributed by atoms with van der Waals surface area (Å²) >= 11 is 0. The lowest BCUT2D eigenvalue weighted by molar-refractivity contribution is 0.657. The zero-order valence-corrected chi connectivity index (χ0v) is 6.33. The SMILES string of the molecule is C=CC(NN)c1ccccc1. The third-order valence-corrected chi connectivity index (χ3v) is 1.57. The predicted octanol–water partition coefficient (Wildman–Crippen LogP) is 1.38. The molecule has 1 atom stereocenters. The molecule has 0 fully saturated rings. The highest BCUT2D eigenvalue weighted by Gasteiger charge is 2.01. The van der Waals surface area contributed by atoms with E-state index in [-0.39, 0.29) is 6.04 Å². The van der Waals surface area contributed by atoms with Gasteiger partial charge in [0.05, 0.1) is 6.04 Å². The quantitative estimate of drug-likeness (QED) is 0.386. The minimum absolute atomic E-state index is 0.0520. The molecule has 1 rings (SSSR count). The molecule has 0 saturated carbocycles. The van der Waals surface area contributed by atoms with E-state index < -0.39 is 0 Å². The summed E-state index contributed by atoms with van der Waals surface area (Å²) < 4.78 is 0. The van der Waals surface area contributed by atoms with Crippen LogP contribution in [0.4, 0.5) is 0 Å². The summed E-state index contributed by atoms with van der Waals surface area (Å²) in [4.78, 5) is 0. The van der Waals surface area contributed by atoms with E-state index in [2.05, 4.69) is 12.0 Å². The van der Waals surface area contributed by atoms with Crippen molar-refractivity contribution in [1.82, 2.24) is 5.43 Å². The Bertz CT molecular complexity index is 218. The molecule has 0 aliphatic carbocycles. The van der Waals surface area contributed by atoms with Crippen LogP contribution in [0.25, 0.3) is 0 Å². The van der Waals surface area contributed by atoms with Crippen molar-refractivity contribution in [3.63, 3.8) is 0 Å². The van der Waals surface area contributed by atoms with Crippen LogP contribution in [0.2, 0.25) is 0 Å². The molecule has 0 amide bonds. The highest BCUT2D eigenvalue weighted by Crippen LogP contribution is 2.10. The van der Waals surface area contributed by atoms with Gasteiger partial charge >= 0.3 is 0 Å². The van der Waals surface area contributed by atoms with Crippen LogP contribution in [0.15, 0.2) is 43.0 Å². The fraction of sp³-hybridized carbons (Fsp3) is 0.111. The molecule has 0 radical (unpaired) electrons. The Labute approximate surface area is 66.7 Å². The first-order chi connectivity index (χ1) is 5.38. The van der Waals surface area contributed by atoms with Crippen molar-refractivity contribution in [2.45, 2.75) is 6.04 Å². The van der Waals surface area contributed by atoms with E-state index >= 15 is 0 Å². The lowest BCUT2D eigenvalue weighted by Crippen LogP contribution is -2.26. The molecule has 58 valence electrons. The van der Waals surface area contributed by atoms with Gasteiger partial charge in [-0.2, -0.15) is 0 Å². The standard InChI is InChI=1S/C9H12N2/c1-2-9(11-10)8-6-4-3-5-7-8/h2-7,9,11H,1,10H2. The fourth-order valence-corrected chi connectivity index (χ4v) is 0.961. The van der Waals surface area contributed by atoms with Gasteiger partial charge in [-0.15, -0.1) is 6.58 Å². The van der Waals surface area contributed by atoms with Gasteiger partial charge in [0.15, 0.2) is 0 Å². The second-order valence-electron chi connectivity index (χ2n) is 2.29. The van der Waals surface area contributed by atoms with Gasteiger partial charge in [-0.3, -0.25) is 5.84 Å². The Hall–Kier alpha value is -1.12. The number of hydrazine groups is 1. The smallest absolute Gasteiger partial charge is 0.0638 e. The number of benzene rings is 1. The van der Waals surface area contributed by atoms with Crippen LogP contribution < -0.4 is 11.3 Å². The van der Waals surface area contributed by atoms with Crippen LogP contribution in [0, 0.1) is 0 Å². The van der Waals surface area contributed by atoms with E-state index in [4.69, 9.17) is 5.84 Å². The average molecular weight is 148 g/mol. The minimum atomic E-state index is 0.0520. The number of hydrogen-bond acceptors (Lipinski definition) is 2. The third kappa shape index (κ3) is 1.90. The van der Waals surface area contributed by atoms with Crippen molar-refractivity contribution >= 4 is 0 Å². The third-order valence-electron chi connectivity index (χ3n) is 1.57. The molecule has 2 nitrogen and oxygen atoms in total. The number of hydrogen-bond donors (Lipinski definition) is 2. The molecule has 1 aromatic rings. The molecule has 0 saturated heterocycles. The zero-order valence-electron chi connectivity index (χ0n) is 6.33. The molecule has 1 aromatic carbocycles. The summed E-state index contributed by atoms with van der Waals surface area (Å²) in [6, 6.07) is 9.99. The van der Waals surface area contributed by atoms with Gasteiger partial charge in [-0.25, -0.2) is 5.43 Å². The normalized spacial score (nSPS) is 12.5. The van der Waals surface area contributed by atoms with Crippen molar-refractivity contribution in [1.29, 1.82) is 0 Å². The van der Waals surface area contributed by atoms with Gasteiger partial charge < -0.3 is 0 Å². The molecule has 3 N–H and O–H groups in total. The maximum Gasteiger partial charge on any atom is 0.0638 e. The van der Waals surface area contributed by atoms with Gasteiger partial charge in [-0.1, -0.05) is 36.4 Å². The lowest BCUT2D eigenvalue weighted by atomic mass is 10.1. The number of rotatable bonds is 3. The van der Waals surface area contributed by atoms with Crippen molar-refractivity contribution in [3.05, 3.63) is 48.6 Å². The summed E-state index contributed by atoms with van der Waals surface area (Å²) in [6.45, 7) is 3.67. The first-order valence-electron chi connectivity index (χ1n) is 3.52. The van der Waals surface area contributed by atoms with Crippen molar-refractivity contribution in [2.24, 2.45) is 5.84 Å². The van der Waals surface area contributed by atoms with Gasteiger partial charge in [-0.05, 0) is 5.56 Å². The summed E-state index contributed by atoms with van der Waals surface area (Å²) in [6.07, 6.45) is 1.77. The zero-order chi connectivity index (χ0) is 8.10. The number of nitrogens with one attached hydrogen (secondary N) is 1. The Morgan fingerprint density at radius 2 is 2.00 bits per heavy atom. The number of nitrogens with two attached hydrogens (primary N) is 1. The highest BCUT2D eigenvalue weighted by atomic mass is 15.2. The molecular formula is C9H12N2.